The summed E-state index contributed by atoms with van der Waals surface area (Å²) in [5, 5.41) is 9.36. The third-order valence-electron chi connectivity index (χ3n) is 3.26. The third kappa shape index (κ3) is 4.54. The van der Waals surface area contributed by atoms with E-state index in [2.05, 4.69) is 36.7 Å². The van der Waals surface area contributed by atoms with Crippen LogP contribution in [-0.4, -0.2) is 17.5 Å². The number of benzene rings is 2. The van der Waals surface area contributed by atoms with Crippen molar-refractivity contribution in [2.24, 2.45) is 0 Å². The average Bonchev–Trinajstić information content (AvgIpc) is 2.58. The fourth-order valence-electron chi connectivity index (χ4n) is 2.14. The SMILES string of the molecule is C=CCN(C#N)C(C#Cc1ccccc1)Cc1ccccc1. The molecule has 1 unspecified atom stereocenters. The monoisotopic (exact) mass is 286 g/mol. The maximum atomic E-state index is 9.36. The van der Waals surface area contributed by atoms with E-state index in [1.165, 1.54) is 5.56 Å². The molecule has 2 heteroatoms. The van der Waals surface area contributed by atoms with Crippen LogP contribution in [0.1, 0.15) is 11.1 Å². The van der Waals surface area contributed by atoms with Crippen molar-refractivity contribution in [3.63, 3.8) is 0 Å². The molecule has 2 nitrogen and oxygen atoms in total. The van der Waals surface area contributed by atoms with Crippen molar-refractivity contribution in [1.82, 2.24) is 4.90 Å². The lowest BCUT2D eigenvalue weighted by Crippen LogP contribution is -2.32. The molecular weight excluding hydrogens is 268 g/mol. The quantitative estimate of drug-likeness (QED) is 0.363. The maximum Gasteiger partial charge on any atom is 0.180 e. The zero-order valence-electron chi connectivity index (χ0n) is 12.4. The van der Waals surface area contributed by atoms with Crippen molar-refractivity contribution >= 4 is 0 Å². The summed E-state index contributed by atoms with van der Waals surface area (Å²) >= 11 is 0. The minimum Gasteiger partial charge on any atom is -0.292 e. The summed E-state index contributed by atoms with van der Waals surface area (Å²) in [6.45, 7) is 4.21. The molecule has 0 aromatic heterocycles. The molecule has 0 N–H and O–H groups in total. The second-order valence-electron chi connectivity index (χ2n) is 4.88. The fourth-order valence-corrected chi connectivity index (χ4v) is 2.14. The van der Waals surface area contributed by atoms with Crippen LogP contribution in [0.15, 0.2) is 73.3 Å². The van der Waals surface area contributed by atoms with Crippen molar-refractivity contribution in [3.8, 4) is 18.0 Å². The van der Waals surface area contributed by atoms with E-state index < -0.39 is 0 Å². The highest BCUT2D eigenvalue weighted by Gasteiger charge is 2.14. The van der Waals surface area contributed by atoms with Crippen molar-refractivity contribution < 1.29 is 0 Å². The van der Waals surface area contributed by atoms with Crippen LogP contribution < -0.4 is 0 Å². The Bertz CT molecular complexity index is 687. The molecule has 0 spiro atoms. The molecule has 22 heavy (non-hydrogen) atoms. The Morgan fingerprint density at radius 1 is 1.05 bits per heavy atom. The van der Waals surface area contributed by atoms with E-state index in [-0.39, 0.29) is 6.04 Å². The van der Waals surface area contributed by atoms with Gasteiger partial charge in [-0.05, 0) is 17.7 Å². The number of nitrogens with zero attached hydrogens (tertiary/aromatic N) is 2. The zero-order chi connectivity index (χ0) is 15.6. The highest BCUT2D eigenvalue weighted by molar-refractivity contribution is 5.35. The van der Waals surface area contributed by atoms with E-state index in [9.17, 15) is 5.26 Å². The van der Waals surface area contributed by atoms with Gasteiger partial charge in [-0.25, -0.2) is 0 Å². The number of nitriles is 1. The molecule has 0 heterocycles. The molecule has 0 saturated carbocycles. The summed E-state index contributed by atoms with van der Waals surface area (Å²) in [6, 6.07) is 19.8. The Hall–Kier alpha value is -2.97. The van der Waals surface area contributed by atoms with Gasteiger partial charge in [-0.3, -0.25) is 4.90 Å². The fraction of sp³-hybridized carbons (Fsp3) is 0.150. The predicted molar refractivity (Wildman–Crippen MR) is 89.8 cm³/mol. The van der Waals surface area contributed by atoms with Gasteiger partial charge in [-0.2, -0.15) is 5.26 Å². The summed E-state index contributed by atoms with van der Waals surface area (Å²) in [7, 11) is 0. The molecule has 2 aromatic carbocycles. The van der Waals surface area contributed by atoms with Gasteiger partial charge in [0.25, 0.3) is 0 Å². The molecule has 0 amide bonds. The predicted octanol–water partition coefficient (Wildman–Crippen LogP) is 3.62. The van der Waals surface area contributed by atoms with E-state index in [0.29, 0.717) is 13.0 Å². The van der Waals surface area contributed by atoms with Crippen LogP contribution in [0, 0.1) is 23.3 Å². The highest BCUT2D eigenvalue weighted by atomic mass is 15.1. The van der Waals surface area contributed by atoms with Gasteiger partial charge in [0, 0.05) is 18.5 Å². The Morgan fingerprint density at radius 3 is 2.27 bits per heavy atom. The van der Waals surface area contributed by atoms with Crippen LogP contribution in [0.2, 0.25) is 0 Å². The first kappa shape index (κ1) is 15.4. The smallest absolute Gasteiger partial charge is 0.180 e. The average molecular weight is 286 g/mol. The van der Waals surface area contributed by atoms with Crippen LogP contribution in [0.5, 0.6) is 0 Å². The van der Waals surface area contributed by atoms with E-state index in [1.54, 1.807) is 11.0 Å². The van der Waals surface area contributed by atoms with Crippen LogP contribution in [-0.2, 0) is 6.42 Å². The molecule has 0 aliphatic carbocycles. The normalized spacial score (nSPS) is 10.7. The number of hydrogen-bond acceptors (Lipinski definition) is 2. The van der Waals surface area contributed by atoms with Gasteiger partial charge in [0.05, 0.1) is 0 Å². The molecular formula is C20H18N2. The Morgan fingerprint density at radius 2 is 1.68 bits per heavy atom. The standard InChI is InChI=1S/C20H18N2/c1-2-15-22(17-21)20(16-19-11-7-4-8-12-19)14-13-18-9-5-3-6-10-18/h2-12,20H,1,15-16H2. The summed E-state index contributed by atoms with van der Waals surface area (Å²) < 4.78 is 0. The van der Waals surface area contributed by atoms with E-state index in [4.69, 9.17) is 0 Å². The van der Waals surface area contributed by atoms with Crippen molar-refractivity contribution in [2.45, 2.75) is 12.5 Å². The number of hydrogen-bond donors (Lipinski definition) is 0. The molecule has 2 rings (SSSR count). The van der Waals surface area contributed by atoms with Gasteiger partial charge in [-0.1, -0.05) is 66.4 Å². The van der Waals surface area contributed by atoms with Crippen LogP contribution in [0.4, 0.5) is 0 Å². The first-order chi connectivity index (χ1) is 10.8. The lowest BCUT2D eigenvalue weighted by Gasteiger charge is -2.21. The molecule has 0 bridgehead atoms. The lowest BCUT2D eigenvalue weighted by molar-refractivity contribution is 0.374. The van der Waals surface area contributed by atoms with Gasteiger partial charge in [0.15, 0.2) is 6.19 Å². The van der Waals surface area contributed by atoms with E-state index in [0.717, 1.165) is 5.56 Å². The molecule has 0 aliphatic rings. The van der Waals surface area contributed by atoms with Gasteiger partial charge >= 0.3 is 0 Å². The third-order valence-corrected chi connectivity index (χ3v) is 3.26. The maximum absolute atomic E-state index is 9.36. The van der Waals surface area contributed by atoms with Gasteiger partial charge < -0.3 is 0 Å². The minimum atomic E-state index is -0.161. The molecule has 0 radical (unpaired) electrons. The van der Waals surface area contributed by atoms with Crippen molar-refractivity contribution in [1.29, 1.82) is 5.26 Å². The molecule has 108 valence electrons. The molecule has 0 fully saturated rings. The first-order valence-electron chi connectivity index (χ1n) is 7.21. The Balaban J connectivity index is 2.23. The minimum absolute atomic E-state index is 0.161. The van der Waals surface area contributed by atoms with Gasteiger partial charge in [-0.15, -0.1) is 6.58 Å². The second-order valence-corrected chi connectivity index (χ2v) is 4.88. The lowest BCUT2D eigenvalue weighted by atomic mass is 10.0. The Kier molecular flexibility index (Phi) is 5.85. The second kappa shape index (κ2) is 8.35. The first-order valence-corrected chi connectivity index (χ1v) is 7.21. The van der Waals surface area contributed by atoms with Gasteiger partial charge in [0.2, 0.25) is 0 Å². The summed E-state index contributed by atoms with van der Waals surface area (Å²) in [5.74, 6) is 6.39. The molecule has 0 saturated heterocycles. The van der Waals surface area contributed by atoms with Crippen LogP contribution in [0.25, 0.3) is 0 Å². The summed E-state index contributed by atoms with van der Waals surface area (Å²) in [4.78, 5) is 1.66. The van der Waals surface area contributed by atoms with E-state index in [1.807, 2.05) is 48.5 Å². The van der Waals surface area contributed by atoms with Crippen molar-refractivity contribution in [2.75, 3.05) is 6.54 Å². The van der Waals surface area contributed by atoms with Crippen LogP contribution in [0.3, 0.4) is 0 Å². The Labute approximate surface area is 132 Å². The van der Waals surface area contributed by atoms with Gasteiger partial charge in [0.1, 0.15) is 6.04 Å². The van der Waals surface area contributed by atoms with Crippen LogP contribution >= 0.6 is 0 Å². The van der Waals surface area contributed by atoms with E-state index >= 15 is 0 Å². The highest BCUT2D eigenvalue weighted by Crippen LogP contribution is 2.09. The molecule has 0 aliphatic heterocycles. The molecule has 2 aromatic rings. The number of rotatable bonds is 5. The summed E-state index contributed by atoms with van der Waals surface area (Å²) in [5.41, 5.74) is 2.12. The topological polar surface area (TPSA) is 27.0 Å². The largest absolute Gasteiger partial charge is 0.292 e. The molecule has 1 atom stereocenters. The zero-order valence-corrected chi connectivity index (χ0v) is 12.4. The van der Waals surface area contributed by atoms with Crippen molar-refractivity contribution in [3.05, 3.63) is 84.4 Å². The summed E-state index contributed by atoms with van der Waals surface area (Å²) in [6.07, 6.45) is 4.66.